The molecule has 2 aromatic heterocycles. The highest BCUT2D eigenvalue weighted by molar-refractivity contribution is 7.99. The van der Waals surface area contributed by atoms with E-state index in [-0.39, 0.29) is 0 Å². The van der Waals surface area contributed by atoms with Crippen LogP contribution >= 0.6 is 11.8 Å². The lowest BCUT2D eigenvalue weighted by Gasteiger charge is -1.99. The van der Waals surface area contributed by atoms with E-state index in [1.807, 2.05) is 11.8 Å². The van der Waals surface area contributed by atoms with Crippen molar-refractivity contribution < 1.29 is 9.13 Å². The number of rotatable bonds is 10. The molecule has 29 heavy (non-hydrogen) atoms. The van der Waals surface area contributed by atoms with Gasteiger partial charge in [-0.15, -0.1) is 0 Å². The summed E-state index contributed by atoms with van der Waals surface area (Å²) < 4.78 is 9.04. The predicted molar refractivity (Wildman–Crippen MR) is 118 cm³/mol. The third-order valence-electron chi connectivity index (χ3n) is 4.90. The van der Waals surface area contributed by atoms with E-state index >= 15 is 0 Å². The first kappa shape index (κ1) is 19.5. The SMILES string of the molecule is c1ccc(C[n+]2ccn(CCSCCn3cc[n+](Cc4ccccc4)c3)c2)cc1. The second-order valence-corrected chi connectivity index (χ2v) is 8.46. The van der Waals surface area contributed by atoms with Crippen LogP contribution in [0.1, 0.15) is 11.1 Å². The van der Waals surface area contributed by atoms with Crippen LogP contribution in [-0.2, 0) is 26.2 Å². The number of aromatic nitrogens is 4. The predicted octanol–water partition coefficient (Wildman–Crippen LogP) is 3.39. The first-order valence-electron chi connectivity index (χ1n) is 10.1. The van der Waals surface area contributed by atoms with E-state index in [2.05, 4.69) is 116 Å². The fourth-order valence-corrected chi connectivity index (χ4v) is 4.24. The van der Waals surface area contributed by atoms with E-state index in [4.69, 9.17) is 0 Å². The molecule has 0 unspecified atom stereocenters. The minimum atomic E-state index is 0.928. The first-order valence-corrected chi connectivity index (χ1v) is 11.3. The summed E-state index contributed by atoms with van der Waals surface area (Å²) in [6, 6.07) is 21.2. The quantitative estimate of drug-likeness (QED) is 0.293. The Morgan fingerprint density at radius 2 is 1.07 bits per heavy atom. The molecule has 0 aliphatic heterocycles. The molecule has 0 aliphatic rings. The van der Waals surface area contributed by atoms with Crippen LogP contribution in [0.4, 0.5) is 0 Å². The Morgan fingerprint density at radius 3 is 1.52 bits per heavy atom. The highest BCUT2D eigenvalue weighted by atomic mass is 32.2. The highest BCUT2D eigenvalue weighted by Crippen LogP contribution is 2.04. The molecule has 2 aromatic carbocycles. The van der Waals surface area contributed by atoms with Gasteiger partial charge in [0.1, 0.15) is 37.9 Å². The Kier molecular flexibility index (Phi) is 6.81. The monoisotopic (exact) mass is 404 g/mol. The molecule has 4 nitrogen and oxygen atoms in total. The standard InChI is InChI=1S/C24H28N4S/c1-3-7-23(8-4-1)19-27-13-11-25(21-27)15-17-29-18-16-26-12-14-28(22-26)20-24-9-5-2-6-10-24/h1-14,21-22H,15-20H2/q+2. The number of benzene rings is 2. The minimum Gasteiger partial charge on any atom is -0.236 e. The van der Waals surface area contributed by atoms with Crippen molar-refractivity contribution in [2.24, 2.45) is 0 Å². The second kappa shape index (κ2) is 10.1. The zero-order valence-electron chi connectivity index (χ0n) is 16.7. The molecule has 0 fully saturated rings. The second-order valence-electron chi connectivity index (χ2n) is 7.23. The summed E-state index contributed by atoms with van der Waals surface area (Å²) in [6.45, 7) is 3.95. The largest absolute Gasteiger partial charge is 0.244 e. The van der Waals surface area contributed by atoms with Gasteiger partial charge < -0.3 is 0 Å². The van der Waals surface area contributed by atoms with Gasteiger partial charge in [-0.25, -0.2) is 18.3 Å². The van der Waals surface area contributed by atoms with E-state index in [9.17, 15) is 0 Å². The number of aryl methyl sites for hydroxylation is 2. The molecule has 0 saturated carbocycles. The van der Waals surface area contributed by atoms with Crippen molar-refractivity contribution in [3.63, 3.8) is 0 Å². The van der Waals surface area contributed by atoms with Crippen molar-refractivity contribution >= 4 is 11.8 Å². The smallest absolute Gasteiger partial charge is 0.236 e. The highest BCUT2D eigenvalue weighted by Gasteiger charge is 2.06. The van der Waals surface area contributed by atoms with Gasteiger partial charge >= 0.3 is 0 Å². The summed E-state index contributed by atoms with van der Waals surface area (Å²) in [6.07, 6.45) is 13.0. The van der Waals surface area contributed by atoms with Gasteiger partial charge in [0.05, 0.1) is 13.1 Å². The maximum atomic E-state index is 2.28. The Balaban J connectivity index is 1.15. The van der Waals surface area contributed by atoms with Gasteiger partial charge in [-0.2, -0.15) is 11.8 Å². The van der Waals surface area contributed by atoms with Gasteiger partial charge in [0.25, 0.3) is 0 Å². The number of thioether (sulfide) groups is 1. The molecule has 0 saturated heterocycles. The number of imidazole rings is 2. The maximum absolute atomic E-state index is 2.28. The van der Waals surface area contributed by atoms with Crippen LogP contribution in [0.2, 0.25) is 0 Å². The third kappa shape index (κ3) is 6.09. The molecule has 4 rings (SSSR count). The van der Waals surface area contributed by atoms with E-state index in [1.165, 1.54) is 11.1 Å². The van der Waals surface area contributed by atoms with Crippen molar-refractivity contribution in [3.8, 4) is 0 Å². The lowest BCUT2D eigenvalue weighted by Crippen LogP contribution is -2.31. The van der Waals surface area contributed by atoms with Gasteiger partial charge in [0, 0.05) is 11.5 Å². The Bertz CT molecular complexity index is 910. The first-order chi connectivity index (χ1) is 14.3. The van der Waals surface area contributed by atoms with Crippen LogP contribution in [0.25, 0.3) is 0 Å². The van der Waals surface area contributed by atoms with E-state index in [0.29, 0.717) is 0 Å². The molecule has 4 aromatic rings. The summed E-state index contributed by atoms with van der Waals surface area (Å²) in [4.78, 5) is 0. The van der Waals surface area contributed by atoms with Crippen molar-refractivity contribution in [3.05, 3.63) is 109 Å². The maximum Gasteiger partial charge on any atom is 0.244 e. The molecule has 148 valence electrons. The van der Waals surface area contributed by atoms with E-state index < -0.39 is 0 Å². The Morgan fingerprint density at radius 1 is 0.621 bits per heavy atom. The van der Waals surface area contributed by atoms with Gasteiger partial charge in [-0.1, -0.05) is 60.7 Å². The van der Waals surface area contributed by atoms with Gasteiger partial charge in [0.15, 0.2) is 0 Å². The van der Waals surface area contributed by atoms with E-state index in [0.717, 1.165) is 37.7 Å². The zero-order valence-corrected chi connectivity index (χ0v) is 17.5. The molecule has 0 radical (unpaired) electrons. The molecule has 0 atom stereocenters. The molecule has 5 heteroatoms. The van der Waals surface area contributed by atoms with Gasteiger partial charge in [-0.3, -0.25) is 0 Å². The molecule has 0 spiro atoms. The van der Waals surface area contributed by atoms with Crippen LogP contribution in [0.3, 0.4) is 0 Å². The third-order valence-corrected chi connectivity index (χ3v) is 5.84. The molecule has 0 bridgehead atoms. The fraction of sp³-hybridized carbons (Fsp3) is 0.250. The average molecular weight is 405 g/mol. The van der Waals surface area contributed by atoms with Crippen molar-refractivity contribution in [2.75, 3.05) is 11.5 Å². The van der Waals surface area contributed by atoms with Crippen molar-refractivity contribution in [1.29, 1.82) is 0 Å². The van der Waals surface area contributed by atoms with E-state index in [1.54, 1.807) is 0 Å². The number of nitrogens with zero attached hydrogens (tertiary/aromatic N) is 4. The molecule has 2 heterocycles. The van der Waals surface area contributed by atoms with Crippen molar-refractivity contribution in [2.45, 2.75) is 26.2 Å². The summed E-state index contributed by atoms with van der Waals surface area (Å²) in [5.41, 5.74) is 2.67. The number of hydrogen-bond acceptors (Lipinski definition) is 1. The molecular formula is C24H28N4S+2. The number of hydrogen-bond donors (Lipinski definition) is 0. The minimum absolute atomic E-state index is 0.928. The molecular weight excluding hydrogens is 376 g/mol. The molecule has 0 N–H and O–H groups in total. The zero-order chi connectivity index (χ0) is 19.7. The van der Waals surface area contributed by atoms with Crippen molar-refractivity contribution in [1.82, 2.24) is 9.13 Å². The van der Waals surface area contributed by atoms with Crippen LogP contribution in [0.5, 0.6) is 0 Å². The Hall–Kier alpha value is -2.79. The van der Waals surface area contributed by atoms with Crippen LogP contribution in [-0.4, -0.2) is 20.6 Å². The lowest BCUT2D eigenvalue weighted by atomic mass is 10.2. The van der Waals surface area contributed by atoms with Crippen LogP contribution < -0.4 is 9.13 Å². The van der Waals surface area contributed by atoms with Gasteiger partial charge in [-0.05, 0) is 11.1 Å². The molecule has 0 amide bonds. The molecule has 0 aliphatic carbocycles. The lowest BCUT2D eigenvalue weighted by molar-refractivity contribution is -0.688. The fourth-order valence-electron chi connectivity index (χ4n) is 3.36. The summed E-state index contributed by atoms with van der Waals surface area (Å²) in [5.74, 6) is 2.26. The Labute approximate surface area is 177 Å². The summed E-state index contributed by atoms with van der Waals surface area (Å²) >= 11 is 2.01. The summed E-state index contributed by atoms with van der Waals surface area (Å²) in [7, 11) is 0. The van der Waals surface area contributed by atoms with Gasteiger partial charge in [0.2, 0.25) is 12.7 Å². The topological polar surface area (TPSA) is 17.6 Å². The van der Waals surface area contributed by atoms with Crippen LogP contribution in [0, 0.1) is 0 Å². The average Bonchev–Trinajstić information content (AvgIpc) is 3.39. The summed E-state index contributed by atoms with van der Waals surface area (Å²) in [5, 5.41) is 0. The van der Waals surface area contributed by atoms with Crippen LogP contribution in [0.15, 0.2) is 98.1 Å². The normalized spacial score (nSPS) is 11.0.